The van der Waals surface area contributed by atoms with Crippen molar-refractivity contribution in [3.05, 3.63) is 22.2 Å². The Balaban J connectivity index is 2.09. The molecule has 1 saturated heterocycles. The number of hydrogen-bond donors (Lipinski definition) is 1. The zero-order chi connectivity index (χ0) is 24.0. The normalized spacial score (nSPS) is 16.9. The van der Waals surface area contributed by atoms with Crippen molar-refractivity contribution in [3.8, 4) is 5.88 Å². The van der Waals surface area contributed by atoms with Gasteiger partial charge in [0.25, 0.3) is 0 Å². The molecular weight excluding hydrogens is 441 g/mol. The molecule has 1 fully saturated rings. The van der Waals surface area contributed by atoms with E-state index in [1.54, 1.807) is 39.5 Å². The van der Waals surface area contributed by atoms with Crippen LogP contribution in [0.3, 0.4) is 0 Å². The maximum Gasteiger partial charge on any atom is 0.411 e. The first-order valence-corrected chi connectivity index (χ1v) is 10.5. The number of piperazine rings is 1. The number of methoxy groups -OCH3 is 1. The first kappa shape index (κ1) is 23.8. The molecule has 0 saturated carbocycles. The van der Waals surface area contributed by atoms with Crippen molar-refractivity contribution in [1.29, 1.82) is 0 Å². The van der Waals surface area contributed by atoms with Crippen LogP contribution in [-0.4, -0.2) is 65.3 Å². The number of aromatic nitrogens is 2. The minimum atomic E-state index is -0.965. The van der Waals surface area contributed by atoms with Gasteiger partial charge in [-0.2, -0.15) is 4.98 Å². The first-order chi connectivity index (χ1) is 14.9. The van der Waals surface area contributed by atoms with Crippen LogP contribution in [0.4, 0.5) is 15.0 Å². The summed E-state index contributed by atoms with van der Waals surface area (Å²) in [6.45, 7) is 9.22. The number of carbonyl (C=O) groups is 2. The topological polar surface area (TPSA) is 111 Å². The Morgan fingerprint density at radius 1 is 1.19 bits per heavy atom. The van der Waals surface area contributed by atoms with E-state index in [1.165, 1.54) is 12.0 Å². The fourth-order valence-corrected chi connectivity index (χ4v) is 3.86. The van der Waals surface area contributed by atoms with Crippen LogP contribution in [0.5, 0.6) is 5.88 Å². The highest BCUT2D eigenvalue weighted by Crippen LogP contribution is 2.39. The molecule has 1 unspecified atom stereocenters. The number of ether oxygens (including phenoxy) is 2. The highest BCUT2D eigenvalue weighted by atomic mass is 35.5. The van der Waals surface area contributed by atoms with Gasteiger partial charge >= 0.3 is 6.09 Å². The van der Waals surface area contributed by atoms with Crippen LogP contribution in [0.2, 0.25) is 5.15 Å². The van der Waals surface area contributed by atoms with Crippen molar-refractivity contribution in [1.82, 2.24) is 14.9 Å². The number of aryl methyl sites for hydroxylation is 2. The van der Waals surface area contributed by atoms with Crippen molar-refractivity contribution in [2.24, 2.45) is 5.73 Å². The van der Waals surface area contributed by atoms with Gasteiger partial charge in [-0.05, 0) is 40.2 Å². The molecule has 0 bridgehead atoms. The first-order valence-electron chi connectivity index (χ1n) is 10.1. The summed E-state index contributed by atoms with van der Waals surface area (Å²) in [6.07, 6.45) is -0.629. The van der Waals surface area contributed by atoms with Gasteiger partial charge in [-0.3, -0.25) is 9.69 Å². The molecule has 1 aliphatic heterocycles. The Kier molecular flexibility index (Phi) is 6.37. The van der Waals surface area contributed by atoms with Crippen LogP contribution in [0.25, 0.3) is 10.8 Å². The van der Waals surface area contributed by atoms with E-state index < -0.39 is 29.5 Å². The number of halogens is 2. The van der Waals surface area contributed by atoms with Gasteiger partial charge in [0.2, 0.25) is 11.8 Å². The number of hydrogen-bond acceptors (Lipinski definition) is 7. The third-order valence-corrected chi connectivity index (χ3v) is 5.56. The van der Waals surface area contributed by atoms with Gasteiger partial charge < -0.3 is 20.1 Å². The van der Waals surface area contributed by atoms with E-state index in [2.05, 4.69) is 9.97 Å². The molecule has 0 aromatic carbocycles. The minimum Gasteiger partial charge on any atom is -0.480 e. The molecule has 2 amide bonds. The van der Waals surface area contributed by atoms with Crippen molar-refractivity contribution in [2.45, 2.75) is 46.3 Å². The third-order valence-electron chi connectivity index (χ3n) is 5.31. The number of anilines is 1. The molecular formula is C21H27ClFN5O4. The highest BCUT2D eigenvalue weighted by Gasteiger charge is 2.38. The summed E-state index contributed by atoms with van der Waals surface area (Å²) in [5.74, 6) is -0.876. The second-order valence-electron chi connectivity index (χ2n) is 8.66. The van der Waals surface area contributed by atoms with Crippen molar-refractivity contribution >= 4 is 40.2 Å². The van der Waals surface area contributed by atoms with E-state index in [0.717, 1.165) is 0 Å². The van der Waals surface area contributed by atoms with Crippen LogP contribution in [0, 0.1) is 19.7 Å². The van der Waals surface area contributed by atoms with E-state index in [9.17, 15) is 14.0 Å². The molecule has 1 aliphatic rings. The average Bonchev–Trinajstić information content (AvgIpc) is 2.70. The summed E-state index contributed by atoms with van der Waals surface area (Å²) >= 11 is 5.99. The molecule has 0 radical (unpaired) electrons. The van der Waals surface area contributed by atoms with E-state index in [1.807, 2.05) is 0 Å². The number of pyridine rings is 2. The quantitative estimate of drug-likeness (QED) is 0.691. The number of fused-ring (bicyclic) bond motifs is 1. The van der Waals surface area contributed by atoms with Crippen molar-refractivity contribution < 1.29 is 23.5 Å². The van der Waals surface area contributed by atoms with Crippen LogP contribution in [0.15, 0.2) is 0 Å². The second kappa shape index (κ2) is 8.57. The number of amides is 2. The largest absolute Gasteiger partial charge is 0.480 e. The summed E-state index contributed by atoms with van der Waals surface area (Å²) < 4.78 is 25.8. The van der Waals surface area contributed by atoms with Gasteiger partial charge in [-0.1, -0.05) is 11.6 Å². The van der Waals surface area contributed by atoms with Gasteiger partial charge in [-0.25, -0.2) is 14.2 Å². The number of rotatable bonds is 3. The molecule has 0 aliphatic carbocycles. The molecule has 2 N–H and O–H groups in total. The predicted molar refractivity (Wildman–Crippen MR) is 119 cm³/mol. The van der Waals surface area contributed by atoms with Crippen LogP contribution in [-0.2, 0) is 9.53 Å². The Bertz CT molecular complexity index is 1080. The second-order valence-corrected chi connectivity index (χ2v) is 9.02. The Morgan fingerprint density at radius 3 is 2.41 bits per heavy atom. The van der Waals surface area contributed by atoms with E-state index in [4.69, 9.17) is 26.8 Å². The lowest BCUT2D eigenvalue weighted by atomic mass is 10.0. The van der Waals surface area contributed by atoms with Crippen molar-refractivity contribution in [3.63, 3.8) is 0 Å². The van der Waals surface area contributed by atoms with Gasteiger partial charge in [0.1, 0.15) is 17.5 Å². The molecule has 1 atom stereocenters. The zero-order valence-electron chi connectivity index (χ0n) is 19.0. The van der Waals surface area contributed by atoms with E-state index in [-0.39, 0.29) is 29.5 Å². The molecule has 174 valence electrons. The lowest BCUT2D eigenvalue weighted by molar-refractivity contribution is -0.123. The van der Waals surface area contributed by atoms with Gasteiger partial charge in [0.15, 0.2) is 11.0 Å². The monoisotopic (exact) mass is 467 g/mol. The predicted octanol–water partition coefficient (Wildman–Crippen LogP) is 2.96. The minimum absolute atomic E-state index is 0.0482. The van der Waals surface area contributed by atoms with Crippen LogP contribution in [0.1, 0.15) is 32.0 Å². The summed E-state index contributed by atoms with van der Waals surface area (Å²) in [5.41, 5.74) is 6.08. The third kappa shape index (κ3) is 4.36. The Labute approximate surface area is 190 Å². The standard InChI is InChI=1S/C21H27ClFN5O4/c1-10-11(2)25-18(14-13(10)15(23)16(22)26-19(14)31-6)27-7-8-28(12(9-27)17(24)29)20(30)32-21(3,4)5/h12H,7-9H2,1-6H3,(H2,24,29). The molecule has 3 rings (SSSR count). The maximum absolute atomic E-state index is 15.0. The lowest BCUT2D eigenvalue weighted by Crippen LogP contribution is -2.60. The van der Waals surface area contributed by atoms with Crippen LogP contribution < -0.4 is 15.4 Å². The highest BCUT2D eigenvalue weighted by molar-refractivity contribution is 6.30. The molecule has 3 heterocycles. The zero-order valence-corrected chi connectivity index (χ0v) is 19.7. The van der Waals surface area contributed by atoms with Crippen molar-refractivity contribution in [2.75, 3.05) is 31.6 Å². The SMILES string of the molecule is COc1nc(Cl)c(F)c2c(C)c(C)nc(N3CCN(C(=O)OC(C)(C)C)C(C(N)=O)C3)c12. The van der Waals surface area contributed by atoms with E-state index in [0.29, 0.717) is 29.0 Å². The summed E-state index contributed by atoms with van der Waals surface area (Å²) in [7, 11) is 1.40. The molecule has 2 aromatic heterocycles. The molecule has 0 spiro atoms. The number of carbonyl (C=O) groups excluding carboxylic acids is 2. The maximum atomic E-state index is 15.0. The van der Waals surface area contributed by atoms with Gasteiger partial charge in [-0.15, -0.1) is 0 Å². The molecule has 32 heavy (non-hydrogen) atoms. The molecule has 9 nitrogen and oxygen atoms in total. The summed E-state index contributed by atoms with van der Waals surface area (Å²) in [6, 6.07) is -0.965. The van der Waals surface area contributed by atoms with Gasteiger partial charge in [0, 0.05) is 30.7 Å². The summed E-state index contributed by atoms with van der Waals surface area (Å²) in [5, 5.41) is 0.278. The Morgan fingerprint density at radius 2 is 1.84 bits per heavy atom. The molecule has 11 heteroatoms. The number of nitrogens with two attached hydrogens (primary N) is 1. The van der Waals surface area contributed by atoms with Gasteiger partial charge in [0.05, 0.1) is 12.5 Å². The average molecular weight is 468 g/mol. The smallest absolute Gasteiger partial charge is 0.411 e. The Hall–Kier alpha value is -2.88. The fourth-order valence-electron chi connectivity index (χ4n) is 3.69. The van der Waals surface area contributed by atoms with E-state index >= 15 is 0 Å². The lowest BCUT2D eigenvalue weighted by Gasteiger charge is -2.41. The number of nitrogens with zero attached hydrogens (tertiary/aromatic N) is 4. The number of primary amides is 1. The summed E-state index contributed by atoms with van der Waals surface area (Å²) in [4.78, 5) is 36.6. The van der Waals surface area contributed by atoms with Crippen LogP contribution >= 0.6 is 11.6 Å². The fraction of sp³-hybridized carbons (Fsp3) is 0.524. The molecule has 2 aromatic rings.